The summed E-state index contributed by atoms with van der Waals surface area (Å²) in [6.07, 6.45) is 0. The minimum Gasteiger partial charge on any atom is -0.495 e. The Morgan fingerprint density at radius 1 is 1.17 bits per heavy atom. The molecule has 2 N–H and O–H groups in total. The number of carbonyl (C=O) groups is 1. The monoisotopic (exact) mass is 314 g/mol. The predicted molar refractivity (Wildman–Crippen MR) is 85.9 cm³/mol. The van der Waals surface area contributed by atoms with Crippen molar-refractivity contribution in [3.05, 3.63) is 48.0 Å². The minimum atomic E-state index is -0.103. The SMILES string of the molecule is COc1ccccc1NCC(=O)NCc1ccc2c(c1)OCO2. The van der Waals surface area contributed by atoms with Crippen LogP contribution < -0.4 is 24.8 Å². The van der Waals surface area contributed by atoms with E-state index in [1.54, 1.807) is 7.11 Å². The van der Waals surface area contributed by atoms with Crippen molar-refractivity contribution in [1.29, 1.82) is 0 Å². The van der Waals surface area contributed by atoms with Gasteiger partial charge in [0.15, 0.2) is 11.5 Å². The van der Waals surface area contributed by atoms with E-state index in [9.17, 15) is 4.79 Å². The van der Waals surface area contributed by atoms with Crippen LogP contribution in [0.3, 0.4) is 0 Å². The maximum absolute atomic E-state index is 12.0. The molecule has 23 heavy (non-hydrogen) atoms. The first-order chi connectivity index (χ1) is 11.3. The molecule has 0 radical (unpaired) electrons. The number of rotatable bonds is 6. The number of hydrogen-bond acceptors (Lipinski definition) is 5. The van der Waals surface area contributed by atoms with Crippen LogP contribution in [-0.4, -0.2) is 26.4 Å². The highest BCUT2D eigenvalue weighted by atomic mass is 16.7. The molecule has 0 atom stereocenters. The molecule has 0 unspecified atom stereocenters. The molecule has 0 fully saturated rings. The molecule has 0 bridgehead atoms. The Morgan fingerprint density at radius 3 is 2.87 bits per heavy atom. The van der Waals surface area contributed by atoms with Gasteiger partial charge in [0.25, 0.3) is 0 Å². The summed E-state index contributed by atoms with van der Waals surface area (Å²) < 4.78 is 15.8. The molecule has 2 aromatic carbocycles. The van der Waals surface area contributed by atoms with Crippen molar-refractivity contribution >= 4 is 11.6 Å². The Labute approximate surface area is 134 Å². The molecule has 120 valence electrons. The van der Waals surface area contributed by atoms with E-state index in [4.69, 9.17) is 14.2 Å². The van der Waals surface area contributed by atoms with E-state index < -0.39 is 0 Å². The molecule has 1 aliphatic heterocycles. The minimum absolute atomic E-state index is 0.103. The van der Waals surface area contributed by atoms with Gasteiger partial charge in [-0.05, 0) is 29.8 Å². The largest absolute Gasteiger partial charge is 0.495 e. The van der Waals surface area contributed by atoms with Gasteiger partial charge in [-0.1, -0.05) is 18.2 Å². The van der Waals surface area contributed by atoms with Crippen LogP contribution in [-0.2, 0) is 11.3 Å². The van der Waals surface area contributed by atoms with Crippen molar-refractivity contribution in [2.24, 2.45) is 0 Å². The zero-order valence-electron chi connectivity index (χ0n) is 12.8. The average molecular weight is 314 g/mol. The van der Waals surface area contributed by atoms with Crippen LogP contribution in [0.4, 0.5) is 5.69 Å². The number of anilines is 1. The highest BCUT2D eigenvalue weighted by Gasteiger charge is 2.13. The van der Waals surface area contributed by atoms with Gasteiger partial charge in [-0.25, -0.2) is 0 Å². The standard InChI is InChI=1S/C17H18N2O4/c1-21-14-5-3-2-4-13(14)18-10-17(20)19-9-12-6-7-15-16(8-12)23-11-22-15/h2-8,18H,9-11H2,1H3,(H,19,20). The zero-order valence-corrected chi connectivity index (χ0v) is 12.8. The molecule has 6 heteroatoms. The summed E-state index contributed by atoms with van der Waals surface area (Å²) in [6, 6.07) is 13.1. The van der Waals surface area contributed by atoms with Crippen molar-refractivity contribution in [2.75, 3.05) is 25.8 Å². The van der Waals surface area contributed by atoms with Crippen LogP contribution in [0.25, 0.3) is 0 Å². The number of fused-ring (bicyclic) bond motifs is 1. The molecule has 3 rings (SSSR count). The molecule has 1 heterocycles. The molecule has 1 amide bonds. The van der Waals surface area contributed by atoms with Gasteiger partial charge in [0.05, 0.1) is 19.3 Å². The van der Waals surface area contributed by atoms with E-state index in [-0.39, 0.29) is 19.2 Å². The van der Waals surface area contributed by atoms with E-state index in [1.165, 1.54) is 0 Å². The van der Waals surface area contributed by atoms with Gasteiger partial charge in [0, 0.05) is 6.54 Å². The van der Waals surface area contributed by atoms with Crippen molar-refractivity contribution < 1.29 is 19.0 Å². The lowest BCUT2D eigenvalue weighted by Gasteiger charge is -2.11. The highest BCUT2D eigenvalue weighted by Crippen LogP contribution is 2.32. The normalized spacial score (nSPS) is 11.9. The van der Waals surface area contributed by atoms with Crippen molar-refractivity contribution in [3.8, 4) is 17.2 Å². The van der Waals surface area contributed by atoms with Gasteiger partial charge in [0.1, 0.15) is 5.75 Å². The van der Waals surface area contributed by atoms with Crippen LogP contribution in [0.5, 0.6) is 17.2 Å². The topological polar surface area (TPSA) is 68.8 Å². The molecule has 2 aromatic rings. The van der Waals surface area contributed by atoms with Crippen LogP contribution in [0, 0.1) is 0 Å². The molecule has 0 aromatic heterocycles. The summed E-state index contributed by atoms with van der Waals surface area (Å²) >= 11 is 0. The first kappa shape index (κ1) is 15.0. The molecule has 0 saturated carbocycles. The Hall–Kier alpha value is -2.89. The van der Waals surface area contributed by atoms with Gasteiger partial charge in [0.2, 0.25) is 12.7 Å². The van der Waals surface area contributed by atoms with Gasteiger partial charge >= 0.3 is 0 Å². The first-order valence-corrected chi connectivity index (χ1v) is 7.28. The Morgan fingerprint density at radius 2 is 2.00 bits per heavy atom. The Kier molecular flexibility index (Phi) is 4.52. The summed E-state index contributed by atoms with van der Waals surface area (Å²) in [5.74, 6) is 2.05. The van der Waals surface area contributed by atoms with Crippen molar-refractivity contribution in [2.45, 2.75) is 6.54 Å². The van der Waals surface area contributed by atoms with Crippen LogP contribution in [0.1, 0.15) is 5.56 Å². The van der Waals surface area contributed by atoms with Crippen LogP contribution in [0.2, 0.25) is 0 Å². The second-order valence-corrected chi connectivity index (χ2v) is 5.02. The highest BCUT2D eigenvalue weighted by molar-refractivity contribution is 5.81. The lowest BCUT2D eigenvalue weighted by molar-refractivity contribution is -0.119. The van der Waals surface area contributed by atoms with Crippen LogP contribution in [0.15, 0.2) is 42.5 Å². The Balaban J connectivity index is 1.50. The van der Waals surface area contributed by atoms with Crippen LogP contribution >= 0.6 is 0 Å². The van der Waals surface area contributed by atoms with Gasteiger partial charge in [-0.2, -0.15) is 0 Å². The predicted octanol–water partition coefficient (Wildman–Crippen LogP) is 2.15. The number of ether oxygens (including phenoxy) is 3. The first-order valence-electron chi connectivity index (χ1n) is 7.28. The number of carbonyl (C=O) groups excluding carboxylic acids is 1. The third-order valence-corrected chi connectivity index (χ3v) is 3.47. The molecule has 1 aliphatic rings. The summed E-state index contributed by atoms with van der Waals surface area (Å²) in [7, 11) is 1.60. The van der Waals surface area contributed by atoms with E-state index in [0.717, 1.165) is 17.0 Å². The lowest BCUT2D eigenvalue weighted by atomic mass is 10.2. The van der Waals surface area contributed by atoms with Gasteiger partial charge < -0.3 is 24.8 Å². The molecular weight excluding hydrogens is 296 g/mol. The Bertz CT molecular complexity index is 703. The number of amides is 1. The summed E-state index contributed by atoms with van der Waals surface area (Å²) in [6.45, 7) is 0.849. The fourth-order valence-electron chi connectivity index (χ4n) is 2.28. The number of methoxy groups -OCH3 is 1. The second kappa shape index (κ2) is 6.91. The third-order valence-electron chi connectivity index (χ3n) is 3.47. The van der Waals surface area contributed by atoms with Crippen molar-refractivity contribution in [3.63, 3.8) is 0 Å². The van der Waals surface area contributed by atoms with E-state index in [2.05, 4.69) is 10.6 Å². The maximum Gasteiger partial charge on any atom is 0.239 e. The van der Waals surface area contributed by atoms with Gasteiger partial charge in [-0.15, -0.1) is 0 Å². The fraction of sp³-hybridized carbons (Fsp3) is 0.235. The molecule has 0 saturated heterocycles. The quantitative estimate of drug-likeness (QED) is 0.855. The molecular formula is C17H18N2O4. The molecule has 6 nitrogen and oxygen atoms in total. The number of benzene rings is 2. The molecule has 0 spiro atoms. The fourth-order valence-corrected chi connectivity index (χ4v) is 2.28. The maximum atomic E-state index is 12.0. The summed E-state index contributed by atoms with van der Waals surface area (Å²) in [5, 5.41) is 5.92. The van der Waals surface area contributed by atoms with E-state index in [1.807, 2.05) is 42.5 Å². The second-order valence-electron chi connectivity index (χ2n) is 5.02. The average Bonchev–Trinajstić information content (AvgIpc) is 3.06. The van der Waals surface area contributed by atoms with Gasteiger partial charge in [-0.3, -0.25) is 4.79 Å². The number of nitrogens with one attached hydrogen (secondary N) is 2. The molecule has 0 aliphatic carbocycles. The number of hydrogen-bond donors (Lipinski definition) is 2. The zero-order chi connectivity index (χ0) is 16.1. The van der Waals surface area contributed by atoms with E-state index >= 15 is 0 Å². The summed E-state index contributed by atoms with van der Waals surface area (Å²) in [5.41, 5.74) is 1.74. The van der Waals surface area contributed by atoms with Crippen molar-refractivity contribution in [1.82, 2.24) is 5.32 Å². The van der Waals surface area contributed by atoms with E-state index in [0.29, 0.717) is 18.0 Å². The summed E-state index contributed by atoms with van der Waals surface area (Å²) in [4.78, 5) is 12.0. The number of para-hydroxylation sites is 2. The third kappa shape index (κ3) is 3.66. The lowest BCUT2D eigenvalue weighted by Crippen LogP contribution is -2.29. The smallest absolute Gasteiger partial charge is 0.239 e.